The van der Waals surface area contributed by atoms with Crippen molar-refractivity contribution in [1.29, 1.82) is 0 Å². The maximum atomic E-state index is 12.0. The molecule has 0 bridgehead atoms. The summed E-state index contributed by atoms with van der Waals surface area (Å²) in [5.41, 5.74) is 1.09. The third-order valence-electron chi connectivity index (χ3n) is 2.84. The van der Waals surface area contributed by atoms with Gasteiger partial charge in [-0.2, -0.15) is 13.2 Å². The van der Waals surface area contributed by atoms with Gasteiger partial charge in [-0.3, -0.25) is 4.98 Å². The number of rotatable bonds is 6. The second kappa shape index (κ2) is 6.73. The Balaban J connectivity index is 2.30. The first-order valence-corrected chi connectivity index (χ1v) is 6.11. The highest BCUT2D eigenvalue weighted by Crippen LogP contribution is 2.23. The van der Waals surface area contributed by atoms with E-state index >= 15 is 0 Å². The van der Waals surface area contributed by atoms with Gasteiger partial charge in [0.05, 0.1) is 0 Å². The number of aromatic nitrogens is 1. The average Bonchev–Trinajstić information content (AvgIpc) is 2.28. The number of pyridine rings is 1. The highest BCUT2D eigenvalue weighted by molar-refractivity contribution is 5.14. The van der Waals surface area contributed by atoms with E-state index in [1.165, 1.54) is 0 Å². The standard InChI is InChI=1S/C13H19F3N2/c1-10(4-3-7-13(14,15)16)18-11(2)12-5-8-17-9-6-12/h5-6,8-11,18H,3-4,7H2,1-2H3/t10?,11-/m1/s1. The molecule has 0 aliphatic carbocycles. The molecule has 1 aromatic rings. The second-order valence-electron chi connectivity index (χ2n) is 4.58. The average molecular weight is 260 g/mol. The molecule has 102 valence electrons. The fourth-order valence-electron chi connectivity index (χ4n) is 1.87. The zero-order valence-corrected chi connectivity index (χ0v) is 10.7. The van der Waals surface area contributed by atoms with Crippen molar-refractivity contribution in [2.75, 3.05) is 0 Å². The summed E-state index contributed by atoms with van der Waals surface area (Å²) in [6, 6.07) is 3.99. The van der Waals surface area contributed by atoms with Crippen LogP contribution in [-0.2, 0) is 0 Å². The van der Waals surface area contributed by atoms with Crippen LogP contribution >= 0.6 is 0 Å². The lowest BCUT2D eigenvalue weighted by Crippen LogP contribution is -2.29. The van der Waals surface area contributed by atoms with E-state index < -0.39 is 12.6 Å². The van der Waals surface area contributed by atoms with E-state index in [0.717, 1.165) is 5.56 Å². The van der Waals surface area contributed by atoms with Gasteiger partial charge in [0.25, 0.3) is 0 Å². The van der Waals surface area contributed by atoms with Gasteiger partial charge >= 0.3 is 6.18 Å². The molecule has 0 amide bonds. The van der Waals surface area contributed by atoms with Crippen molar-refractivity contribution in [3.05, 3.63) is 30.1 Å². The molecule has 1 unspecified atom stereocenters. The first-order chi connectivity index (χ1) is 8.38. The number of alkyl halides is 3. The normalized spacial score (nSPS) is 15.4. The first kappa shape index (κ1) is 15.0. The summed E-state index contributed by atoms with van der Waals surface area (Å²) in [6.07, 6.45) is -0.640. The fourth-order valence-corrected chi connectivity index (χ4v) is 1.87. The van der Waals surface area contributed by atoms with Crippen LogP contribution in [0.1, 0.15) is 44.7 Å². The number of nitrogens with one attached hydrogen (secondary N) is 1. The van der Waals surface area contributed by atoms with Crippen LogP contribution < -0.4 is 5.32 Å². The van der Waals surface area contributed by atoms with Gasteiger partial charge in [0.15, 0.2) is 0 Å². The molecule has 1 heterocycles. The molecule has 0 saturated carbocycles. The highest BCUT2D eigenvalue weighted by atomic mass is 19.4. The fraction of sp³-hybridized carbons (Fsp3) is 0.615. The van der Waals surface area contributed by atoms with Crippen molar-refractivity contribution in [1.82, 2.24) is 10.3 Å². The quantitative estimate of drug-likeness (QED) is 0.840. The molecule has 0 aliphatic heterocycles. The predicted octanol–water partition coefficient (Wildman–Crippen LogP) is 3.85. The Morgan fingerprint density at radius 2 is 1.83 bits per heavy atom. The molecule has 18 heavy (non-hydrogen) atoms. The predicted molar refractivity (Wildman–Crippen MR) is 65.2 cm³/mol. The number of halogens is 3. The maximum absolute atomic E-state index is 12.0. The van der Waals surface area contributed by atoms with Crippen LogP contribution in [0, 0.1) is 0 Å². The molecule has 0 radical (unpaired) electrons. The van der Waals surface area contributed by atoms with Gasteiger partial charge in [-0.25, -0.2) is 0 Å². The molecule has 0 aromatic carbocycles. The largest absolute Gasteiger partial charge is 0.389 e. The Kier molecular flexibility index (Phi) is 5.59. The van der Waals surface area contributed by atoms with E-state index in [-0.39, 0.29) is 18.5 Å². The zero-order chi connectivity index (χ0) is 13.6. The van der Waals surface area contributed by atoms with Gasteiger partial charge in [0, 0.05) is 30.9 Å². The Bertz CT molecular complexity index is 338. The molecular formula is C13H19F3N2. The van der Waals surface area contributed by atoms with Crippen LogP contribution in [0.3, 0.4) is 0 Å². The van der Waals surface area contributed by atoms with Crippen molar-refractivity contribution in [2.45, 2.75) is 51.4 Å². The van der Waals surface area contributed by atoms with Gasteiger partial charge in [-0.15, -0.1) is 0 Å². The monoisotopic (exact) mass is 260 g/mol. The zero-order valence-electron chi connectivity index (χ0n) is 10.7. The summed E-state index contributed by atoms with van der Waals surface area (Å²) >= 11 is 0. The second-order valence-corrected chi connectivity index (χ2v) is 4.58. The summed E-state index contributed by atoms with van der Waals surface area (Å²) in [5, 5.41) is 3.29. The van der Waals surface area contributed by atoms with E-state index in [1.807, 2.05) is 26.0 Å². The lowest BCUT2D eigenvalue weighted by Gasteiger charge is -2.20. The van der Waals surface area contributed by atoms with Crippen molar-refractivity contribution >= 4 is 0 Å². The molecular weight excluding hydrogens is 241 g/mol. The summed E-state index contributed by atoms with van der Waals surface area (Å²) < 4.78 is 36.0. The van der Waals surface area contributed by atoms with Crippen LogP contribution in [-0.4, -0.2) is 17.2 Å². The van der Waals surface area contributed by atoms with Gasteiger partial charge in [0.2, 0.25) is 0 Å². The molecule has 0 fully saturated rings. The summed E-state index contributed by atoms with van der Waals surface area (Å²) in [5.74, 6) is 0. The summed E-state index contributed by atoms with van der Waals surface area (Å²) in [7, 11) is 0. The molecule has 2 atom stereocenters. The van der Waals surface area contributed by atoms with Gasteiger partial charge in [-0.05, 0) is 44.4 Å². The van der Waals surface area contributed by atoms with E-state index in [0.29, 0.717) is 6.42 Å². The highest BCUT2D eigenvalue weighted by Gasteiger charge is 2.26. The molecule has 1 N–H and O–H groups in total. The number of hydrogen-bond donors (Lipinski definition) is 1. The minimum Gasteiger partial charge on any atom is -0.308 e. The van der Waals surface area contributed by atoms with E-state index in [9.17, 15) is 13.2 Å². The lowest BCUT2D eigenvalue weighted by atomic mass is 10.1. The van der Waals surface area contributed by atoms with Crippen LogP contribution in [0.5, 0.6) is 0 Å². The lowest BCUT2D eigenvalue weighted by molar-refractivity contribution is -0.135. The molecule has 0 aliphatic rings. The molecule has 1 aromatic heterocycles. The summed E-state index contributed by atoms with van der Waals surface area (Å²) in [6.45, 7) is 3.91. The van der Waals surface area contributed by atoms with Crippen molar-refractivity contribution in [2.24, 2.45) is 0 Å². The minimum atomic E-state index is -4.05. The van der Waals surface area contributed by atoms with Crippen molar-refractivity contribution < 1.29 is 13.2 Å². The third kappa shape index (κ3) is 6.00. The van der Waals surface area contributed by atoms with Gasteiger partial charge in [-0.1, -0.05) is 0 Å². The van der Waals surface area contributed by atoms with Crippen molar-refractivity contribution in [3.8, 4) is 0 Å². The Morgan fingerprint density at radius 3 is 2.39 bits per heavy atom. The molecule has 5 heteroatoms. The molecule has 0 saturated heterocycles. The van der Waals surface area contributed by atoms with Gasteiger partial charge in [0.1, 0.15) is 0 Å². The van der Waals surface area contributed by atoms with E-state index in [1.54, 1.807) is 12.4 Å². The number of nitrogens with zero attached hydrogens (tertiary/aromatic N) is 1. The third-order valence-corrected chi connectivity index (χ3v) is 2.84. The Labute approximate surface area is 106 Å². The van der Waals surface area contributed by atoms with Gasteiger partial charge < -0.3 is 5.32 Å². The van der Waals surface area contributed by atoms with Crippen LogP contribution in [0.2, 0.25) is 0 Å². The van der Waals surface area contributed by atoms with Crippen LogP contribution in [0.25, 0.3) is 0 Å². The van der Waals surface area contributed by atoms with Crippen LogP contribution in [0.4, 0.5) is 13.2 Å². The minimum absolute atomic E-state index is 0.0653. The Hall–Kier alpha value is -1.10. The first-order valence-electron chi connectivity index (χ1n) is 6.11. The van der Waals surface area contributed by atoms with E-state index in [4.69, 9.17) is 0 Å². The Morgan fingerprint density at radius 1 is 1.22 bits per heavy atom. The smallest absolute Gasteiger partial charge is 0.308 e. The molecule has 2 nitrogen and oxygen atoms in total. The van der Waals surface area contributed by atoms with E-state index in [2.05, 4.69) is 10.3 Å². The number of hydrogen-bond acceptors (Lipinski definition) is 2. The summed E-state index contributed by atoms with van der Waals surface area (Å²) in [4.78, 5) is 3.93. The molecule has 1 rings (SSSR count). The SMILES string of the molecule is CC(CCCC(F)(F)F)N[C@H](C)c1ccncc1. The topological polar surface area (TPSA) is 24.9 Å². The van der Waals surface area contributed by atoms with Crippen molar-refractivity contribution in [3.63, 3.8) is 0 Å². The maximum Gasteiger partial charge on any atom is 0.389 e. The molecule has 0 spiro atoms. The van der Waals surface area contributed by atoms with Crippen LogP contribution in [0.15, 0.2) is 24.5 Å².